The third kappa shape index (κ3) is 1.25. The molecule has 0 amide bonds. The Morgan fingerprint density at radius 3 is 2.62 bits per heavy atom. The molecule has 0 heterocycles. The van der Waals surface area contributed by atoms with Gasteiger partial charge in [0.15, 0.2) is 0 Å². The number of rotatable bonds is 2. The zero-order valence-corrected chi connectivity index (χ0v) is 8.32. The Morgan fingerprint density at radius 2 is 2.15 bits per heavy atom. The molecule has 2 bridgehead atoms. The number of hydrogen-bond donors (Lipinski definition) is 0. The molecule has 3 aliphatic rings. The quantitative estimate of drug-likeness (QED) is 0.487. The topological polar surface area (TPSA) is 43.1 Å². The first-order chi connectivity index (χ1) is 6.01. The van der Waals surface area contributed by atoms with Gasteiger partial charge in [0.25, 0.3) is 0 Å². The normalized spacial score (nSPS) is 40.9. The first kappa shape index (κ1) is 8.97. The first-order valence-corrected chi connectivity index (χ1v) is 5.13. The number of nitrogens with zero attached hydrogens (tertiary/aromatic N) is 1. The van der Waals surface area contributed by atoms with Gasteiger partial charge in [0.05, 0.1) is 0 Å². The largest absolute Gasteiger partial charge is 0.265 e. The van der Waals surface area contributed by atoms with Crippen molar-refractivity contribution in [1.82, 2.24) is 0 Å². The van der Waals surface area contributed by atoms with Crippen molar-refractivity contribution < 1.29 is 4.92 Å². The molecule has 1 unspecified atom stereocenters. The summed E-state index contributed by atoms with van der Waals surface area (Å²) in [6.45, 7) is 4.75. The van der Waals surface area contributed by atoms with Crippen molar-refractivity contribution in [3.8, 4) is 0 Å². The molecule has 0 N–H and O–H groups in total. The fraction of sp³-hybridized carbons (Fsp3) is 1.00. The second kappa shape index (κ2) is 2.69. The van der Waals surface area contributed by atoms with Gasteiger partial charge in [-0.1, -0.05) is 13.8 Å². The first-order valence-electron chi connectivity index (χ1n) is 5.13. The standard InChI is InChI=1S/C10H17NO2/c1-10(2)8-4-3-7(6-11(12)13)9(10)5-8/h7-9H,3-6H2,1-2H3/t7?,8-,9-/m1/s1. The summed E-state index contributed by atoms with van der Waals surface area (Å²) in [4.78, 5) is 10.3. The third-order valence-corrected chi connectivity index (χ3v) is 4.38. The molecule has 0 spiro atoms. The minimum absolute atomic E-state index is 0.139. The summed E-state index contributed by atoms with van der Waals surface area (Å²) in [6.07, 6.45) is 3.53. The van der Waals surface area contributed by atoms with E-state index in [0.717, 1.165) is 12.3 Å². The summed E-state index contributed by atoms with van der Waals surface area (Å²) in [7, 11) is 0. The van der Waals surface area contributed by atoms with Crippen molar-refractivity contribution in [3.63, 3.8) is 0 Å². The Hall–Kier alpha value is -0.600. The average Bonchev–Trinajstić information content (AvgIpc) is 2.03. The van der Waals surface area contributed by atoms with Crippen molar-refractivity contribution in [3.05, 3.63) is 10.1 Å². The number of nitro groups is 1. The molecule has 3 fully saturated rings. The molecule has 74 valence electrons. The zero-order chi connectivity index (χ0) is 9.64. The number of fused-ring (bicyclic) bond motifs is 2. The van der Waals surface area contributed by atoms with Crippen LogP contribution >= 0.6 is 0 Å². The molecule has 3 rings (SSSR count). The van der Waals surface area contributed by atoms with Gasteiger partial charge in [-0.3, -0.25) is 10.1 Å². The SMILES string of the molecule is CC1(C)[C@@H]2CCC(C[N+](=O)[O-])[C@H]1C2. The molecule has 3 atom stereocenters. The average molecular weight is 183 g/mol. The van der Waals surface area contributed by atoms with Crippen molar-refractivity contribution in [1.29, 1.82) is 0 Å². The van der Waals surface area contributed by atoms with Crippen LogP contribution in [0.15, 0.2) is 0 Å². The highest BCUT2D eigenvalue weighted by molar-refractivity contribution is 5.02. The van der Waals surface area contributed by atoms with Crippen LogP contribution in [-0.2, 0) is 0 Å². The van der Waals surface area contributed by atoms with E-state index in [4.69, 9.17) is 0 Å². The van der Waals surface area contributed by atoms with Gasteiger partial charge in [-0.15, -0.1) is 0 Å². The maximum absolute atomic E-state index is 10.4. The zero-order valence-electron chi connectivity index (χ0n) is 8.32. The van der Waals surface area contributed by atoms with E-state index in [9.17, 15) is 10.1 Å². The molecule has 0 aromatic carbocycles. The molecule has 13 heavy (non-hydrogen) atoms. The fourth-order valence-corrected chi connectivity index (χ4v) is 3.37. The van der Waals surface area contributed by atoms with E-state index >= 15 is 0 Å². The van der Waals surface area contributed by atoms with Gasteiger partial charge in [0.1, 0.15) is 0 Å². The molecule has 0 saturated heterocycles. The van der Waals surface area contributed by atoms with Gasteiger partial charge in [0.2, 0.25) is 6.54 Å². The lowest BCUT2D eigenvalue weighted by atomic mass is 9.45. The highest BCUT2D eigenvalue weighted by Gasteiger charge is 2.55. The van der Waals surface area contributed by atoms with Crippen LogP contribution < -0.4 is 0 Å². The van der Waals surface area contributed by atoms with E-state index in [1.54, 1.807) is 0 Å². The lowest BCUT2D eigenvalue weighted by Crippen LogP contribution is -2.53. The van der Waals surface area contributed by atoms with Crippen LogP contribution in [0.1, 0.15) is 33.1 Å². The lowest BCUT2D eigenvalue weighted by molar-refractivity contribution is -0.494. The molecule has 3 saturated carbocycles. The smallest absolute Gasteiger partial charge is 0.206 e. The van der Waals surface area contributed by atoms with E-state index in [1.807, 2.05) is 0 Å². The van der Waals surface area contributed by atoms with Crippen molar-refractivity contribution >= 4 is 0 Å². The Kier molecular flexibility index (Phi) is 1.86. The van der Waals surface area contributed by atoms with E-state index in [1.165, 1.54) is 12.8 Å². The molecule has 0 radical (unpaired) electrons. The molecule has 3 heteroatoms. The molecular weight excluding hydrogens is 166 g/mol. The Morgan fingerprint density at radius 1 is 1.46 bits per heavy atom. The molecule has 0 aromatic rings. The lowest BCUT2D eigenvalue weighted by Gasteiger charge is -2.59. The van der Waals surface area contributed by atoms with Gasteiger partial charge in [-0.2, -0.15) is 0 Å². The van der Waals surface area contributed by atoms with Gasteiger partial charge < -0.3 is 0 Å². The van der Waals surface area contributed by atoms with Crippen LogP contribution in [0.4, 0.5) is 0 Å². The summed E-state index contributed by atoms with van der Waals surface area (Å²) in [5.74, 6) is 1.83. The maximum Gasteiger partial charge on any atom is 0.206 e. The van der Waals surface area contributed by atoms with Crippen molar-refractivity contribution in [2.45, 2.75) is 33.1 Å². The Balaban J connectivity index is 2.03. The van der Waals surface area contributed by atoms with Crippen LogP contribution in [0, 0.1) is 33.3 Å². The summed E-state index contributed by atoms with van der Waals surface area (Å²) < 4.78 is 0. The van der Waals surface area contributed by atoms with Crippen LogP contribution in [0.25, 0.3) is 0 Å². The second-order valence-corrected chi connectivity index (χ2v) is 5.21. The van der Waals surface area contributed by atoms with Crippen molar-refractivity contribution in [2.24, 2.45) is 23.2 Å². The molecular formula is C10H17NO2. The summed E-state index contributed by atoms with van der Waals surface area (Å²) in [5, 5.41) is 10.4. The molecule has 0 aromatic heterocycles. The van der Waals surface area contributed by atoms with Gasteiger partial charge >= 0.3 is 0 Å². The molecule has 0 aliphatic heterocycles. The van der Waals surface area contributed by atoms with Gasteiger partial charge in [-0.05, 0) is 36.5 Å². The minimum atomic E-state index is -0.139. The predicted molar refractivity (Wildman–Crippen MR) is 50.0 cm³/mol. The third-order valence-electron chi connectivity index (χ3n) is 4.38. The summed E-state index contributed by atoms with van der Waals surface area (Å²) in [6, 6.07) is 0. The Bertz CT molecular complexity index is 235. The van der Waals surface area contributed by atoms with E-state index in [-0.39, 0.29) is 11.5 Å². The second-order valence-electron chi connectivity index (χ2n) is 5.21. The highest BCUT2D eigenvalue weighted by Crippen LogP contribution is 2.61. The molecule has 3 aliphatic carbocycles. The fourth-order valence-electron chi connectivity index (χ4n) is 3.37. The van der Waals surface area contributed by atoms with Crippen molar-refractivity contribution in [2.75, 3.05) is 6.54 Å². The highest BCUT2D eigenvalue weighted by atomic mass is 16.6. The van der Waals surface area contributed by atoms with Crippen LogP contribution in [0.2, 0.25) is 0 Å². The van der Waals surface area contributed by atoms with Gasteiger partial charge in [-0.25, -0.2) is 0 Å². The minimum Gasteiger partial charge on any atom is -0.265 e. The van der Waals surface area contributed by atoms with Crippen LogP contribution in [-0.4, -0.2) is 11.5 Å². The predicted octanol–water partition coefficient (Wildman–Crippen LogP) is 2.34. The van der Waals surface area contributed by atoms with Crippen LogP contribution in [0.5, 0.6) is 0 Å². The van der Waals surface area contributed by atoms with E-state index in [2.05, 4.69) is 13.8 Å². The van der Waals surface area contributed by atoms with Gasteiger partial charge in [0, 0.05) is 10.8 Å². The van der Waals surface area contributed by atoms with Crippen LogP contribution in [0.3, 0.4) is 0 Å². The Labute approximate surface area is 78.7 Å². The summed E-state index contributed by atoms with van der Waals surface area (Å²) >= 11 is 0. The van der Waals surface area contributed by atoms with E-state index in [0.29, 0.717) is 17.3 Å². The summed E-state index contributed by atoms with van der Waals surface area (Å²) in [5.41, 5.74) is 0.388. The monoisotopic (exact) mass is 183 g/mol. The van der Waals surface area contributed by atoms with E-state index < -0.39 is 0 Å². The molecule has 3 nitrogen and oxygen atoms in total. The maximum atomic E-state index is 10.4. The number of hydrogen-bond acceptors (Lipinski definition) is 2.